The van der Waals surface area contributed by atoms with Gasteiger partial charge in [-0.25, -0.2) is 8.42 Å². The summed E-state index contributed by atoms with van der Waals surface area (Å²) >= 11 is 5.60. The highest BCUT2D eigenvalue weighted by Gasteiger charge is 2.17. The molecule has 0 bridgehead atoms. The lowest BCUT2D eigenvalue weighted by Crippen LogP contribution is -1.89. The lowest BCUT2D eigenvalue weighted by Gasteiger charge is -1.95. The molecular formula is C8H4Cl2O3S. The van der Waals surface area contributed by atoms with Crippen molar-refractivity contribution in [3.05, 3.63) is 29.5 Å². The predicted molar refractivity (Wildman–Crippen MR) is 54.3 cm³/mol. The lowest BCUT2D eigenvalue weighted by atomic mass is 10.3. The summed E-state index contributed by atoms with van der Waals surface area (Å²) in [5.41, 5.74) is 0.188. The Morgan fingerprint density at radius 1 is 1.29 bits per heavy atom. The van der Waals surface area contributed by atoms with Crippen LogP contribution >= 0.6 is 22.3 Å². The Morgan fingerprint density at radius 3 is 2.64 bits per heavy atom. The van der Waals surface area contributed by atoms with E-state index in [9.17, 15) is 8.42 Å². The van der Waals surface area contributed by atoms with Crippen molar-refractivity contribution in [1.29, 1.82) is 0 Å². The average molecular weight is 251 g/mol. The van der Waals surface area contributed by atoms with E-state index < -0.39 is 9.05 Å². The molecule has 0 aliphatic carbocycles. The summed E-state index contributed by atoms with van der Waals surface area (Å²) in [5.74, 6) is 0. The molecule has 74 valence electrons. The standard InChI is InChI=1S/C8H4Cl2O3S/c9-7-4-5-2-1-3-6(8(5)13-7)14(10,11)12/h1-4H. The van der Waals surface area contributed by atoms with Gasteiger partial charge in [-0.2, -0.15) is 0 Å². The summed E-state index contributed by atoms with van der Waals surface area (Å²) in [6.07, 6.45) is 0. The van der Waals surface area contributed by atoms with Crippen LogP contribution in [0.1, 0.15) is 0 Å². The molecule has 0 amide bonds. The second-order valence-corrected chi connectivity index (χ2v) is 5.57. The molecule has 0 unspecified atom stereocenters. The maximum absolute atomic E-state index is 11.1. The zero-order valence-electron chi connectivity index (χ0n) is 6.70. The molecule has 14 heavy (non-hydrogen) atoms. The normalized spacial score (nSPS) is 12.1. The van der Waals surface area contributed by atoms with E-state index in [1.165, 1.54) is 12.1 Å². The van der Waals surface area contributed by atoms with Crippen molar-refractivity contribution in [1.82, 2.24) is 0 Å². The van der Waals surface area contributed by atoms with Gasteiger partial charge in [0.25, 0.3) is 9.05 Å². The fourth-order valence-corrected chi connectivity index (χ4v) is 2.38. The maximum Gasteiger partial charge on any atom is 0.265 e. The molecule has 0 radical (unpaired) electrons. The van der Waals surface area contributed by atoms with E-state index in [1.54, 1.807) is 12.1 Å². The third-order valence-corrected chi connectivity index (χ3v) is 3.27. The third kappa shape index (κ3) is 1.61. The maximum atomic E-state index is 11.1. The molecule has 1 heterocycles. The monoisotopic (exact) mass is 250 g/mol. The number of fused-ring (bicyclic) bond motifs is 1. The van der Waals surface area contributed by atoms with Crippen molar-refractivity contribution < 1.29 is 12.8 Å². The Morgan fingerprint density at radius 2 is 2.00 bits per heavy atom. The summed E-state index contributed by atoms with van der Waals surface area (Å²) in [6, 6.07) is 6.16. The van der Waals surface area contributed by atoms with Gasteiger partial charge in [0.1, 0.15) is 4.90 Å². The fourth-order valence-electron chi connectivity index (χ4n) is 1.20. The molecule has 0 aliphatic rings. The summed E-state index contributed by atoms with van der Waals surface area (Å²) in [6.45, 7) is 0. The van der Waals surface area contributed by atoms with Gasteiger partial charge < -0.3 is 4.42 Å². The summed E-state index contributed by atoms with van der Waals surface area (Å²) in [7, 11) is 1.42. The molecule has 6 heteroatoms. The molecule has 2 aromatic rings. The molecule has 1 aromatic carbocycles. The Bertz CT molecular complexity index is 586. The molecule has 0 fully saturated rings. The van der Waals surface area contributed by atoms with E-state index in [0.717, 1.165) is 0 Å². The molecule has 0 saturated carbocycles. The molecule has 1 aromatic heterocycles. The van der Waals surface area contributed by atoms with Crippen molar-refractivity contribution in [3.63, 3.8) is 0 Å². The van der Waals surface area contributed by atoms with E-state index in [1.807, 2.05) is 0 Å². The van der Waals surface area contributed by atoms with Gasteiger partial charge in [0, 0.05) is 22.1 Å². The second kappa shape index (κ2) is 3.15. The first kappa shape index (κ1) is 9.83. The molecule has 3 nitrogen and oxygen atoms in total. The van der Waals surface area contributed by atoms with Crippen LogP contribution in [0, 0.1) is 0 Å². The van der Waals surface area contributed by atoms with Crippen LogP contribution in [0.2, 0.25) is 5.22 Å². The first-order chi connectivity index (χ1) is 6.48. The molecule has 0 aliphatic heterocycles. The number of hydrogen-bond donors (Lipinski definition) is 0. The van der Waals surface area contributed by atoms with Gasteiger partial charge in [-0.05, 0) is 17.7 Å². The van der Waals surface area contributed by atoms with Crippen LogP contribution in [0.5, 0.6) is 0 Å². The Kier molecular flexibility index (Phi) is 2.21. The van der Waals surface area contributed by atoms with Gasteiger partial charge in [0.05, 0.1) is 0 Å². The average Bonchev–Trinajstić information content (AvgIpc) is 2.41. The van der Waals surface area contributed by atoms with Gasteiger partial charge in [-0.3, -0.25) is 0 Å². The van der Waals surface area contributed by atoms with Crippen LogP contribution in [-0.2, 0) is 9.05 Å². The van der Waals surface area contributed by atoms with Crippen LogP contribution in [0.3, 0.4) is 0 Å². The van der Waals surface area contributed by atoms with Gasteiger partial charge in [0.15, 0.2) is 10.8 Å². The predicted octanol–water partition coefficient (Wildman–Crippen LogP) is 3.01. The van der Waals surface area contributed by atoms with E-state index in [4.69, 9.17) is 26.7 Å². The molecule has 0 saturated heterocycles. The van der Waals surface area contributed by atoms with Gasteiger partial charge in [-0.1, -0.05) is 12.1 Å². The highest BCUT2D eigenvalue weighted by atomic mass is 35.7. The van der Waals surface area contributed by atoms with E-state index in [-0.39, 0.29) is 15.7 Å². The Hall–Kier alpha value is -0.710. The number of rotatable bonds is 1. The van der Waals surface area contributed by atoms with Crippen molar-refractivity contribution in [2.24, 2.45) is 0 Å². The lowest BCUT2D eigenvalue weighted by molar-refractivity contribution is 0.594. The fraction of sp³-hybridized carbons (Fsp3) is 0. The summed E-state index contributed by atoms with van der Waals surface area (Å²) in [4.78, 5) is -0.0661. The minimum Gasteiger partial charge on any atom is -0.443 e. The second-order valence-electron chi connectivity index (χ2n) is 2.66. The van der Waals surface area contributed by atoms with Crippen molar-refractivity contribution in [3.8, 4) is 0 Å². The van der Waals surface area contributed by atoms with Crippen molar-refractivity contribution in [2.45, 2.75) is 4.90 Å². The number of furan rings is 1. The summed E-state index contributed by atoms with van der Waals surface area (Å²) in [5, 5.41) is 0.740. The number of hydrogen-bond acceptors (Lipinski definition) is 3. The van der Waals surface area contributed by atoms with E-state index >= 15 is 0 Å². The van der Waals surface area contributed by atoms with Gasteiger partial charge >= 0.3 is 0 Å². The molecule has 0 N–H and O–H groups in total. The number of halogens is 2. The van der Waals surface area contributed by atoms with E-state index in [2.05, 4.69) is 0 Å². The molecular weight excluding hydrogens is 247 g/mol. The third-order valence-electron chi connectivity index (χ3n) is 1.74. The van der Waals surface area contributed by atoms with E-state index in [0.29, 0.717) is 5.39 Å². The van der Waals surface area contributed by atoms with Crippen LogP contribution < -0.4 is 0 Å². The zero-order valence-corrected chi connectivity index (χ0v) is 9.03. The van der Waals surface area contributed by atoms with Crippen LogP contribution in [0.4, 0.5) is 0 Å². The Balaban J connectivity index is 2.90. The number of para-hydroxylation sites is 1. The Labute approximate surface area is 89.6 Å². The first-order valence-electron chi connectivity index (χ1n) is 3.61. The highest BCUT2D eigenvalue weighted by molar-refractivity contribution is 8.13. The van der Waals surface area contributed by atoms with Crippen LogP contribution in [-0.4, -0.2) is 8.42 Å². The SMILES string of the molecule is O=S(=O)(Cl)c1cccc2cc(Cl)oc12. The first-order valence-corrected chi connectivity index (χ1v) is 6.30. The largest absolute Gasteiger partial charge is 0.443 e. The van der Waals surface area contributed by atoms with Crippen molar-refractivity contribution >= 4 is 42.3 Å². The minimum atomic E-state index is -3.80. The van der Waals surface area contributed by atoms with Crippen LogP contribution in [0.25, 0.3) is 11.0 Å². The number of benzene rings is 1. The highest BCUT2D eigenvalue weighted by Crippen LogP contribution is 2.30. The zero-order chi connectivity index (χ0) is 10.3. The topological polar surface area (TPSA) is 47.3 Å². The van der Waals surface area contributed by atoms with Gasteiger partial charge in [0.2, 0.25) is 0 Å². The van der Waals surface area contributed by atoms with Crippen LogP contribution in [0.15, 0.2) is 33.6 Å². The quantitative estimate of drug-likeness (QED) is 0.732. The molecule has 0 spiro atoms. The smallest absolute Gasteiger partial charge is 0.265 e. The van der Waals surface area contributed by atoms with Crippen molar-refractivity contribution in [2.75, 3.05) is 0 Å². The summed E-state index contributed by atoms with van der Waals surface area (Å²) < 4.78 is 27.3. The van der Waals surface area contributed by atoms with Gasteiger partial charge in [-0.15, -0.1) is 0 Å². The minimum absolute atomic E-state index is 0.0661. The molecule has 0 atom stereocenters. The molecule has 2 rings (SSSR count).